The van der Waals surface area contributed by atoms with Crippen LogP contribution in [0.5, 0.6) is 0 Å². The van der Waals surface area contributed by atoms with Gasteiger partial charge in [0.15, 0.2) is 0 Å². The quantitative estimate of drug-likeness (QED) is 0.799. The van der Waals surface area contributed by atoms with Crippen LogP contribution in [0.25, 0.3) is 0 Å². The van der Waals surface area contributed by atoms with Gasteiger partial charge in [0.05, 0.1) is 11.7 Å². The summed E-state index contributed by atoms with van der Waals surface area (Å²) in [5.74, 6) is 0.805. The minimum Gasteiger partial charge on any atom is -0.316 e. The van der Waals surface area contributed by atoms with Crippen LogP contribution >= 0.6 is 0 Å². The van der Waals surface area contributed by atoms with Crippen molar-refractivity contribution < 1.29 is 0 Å². The molecule has 4 nitrogen and oxygen atoms in total. The summed E-state index contributed by atoms with van der Waals surface area (Å²) in [4.78, 5) is 2.54. The second-order valence-corrected chi connectivity index (χ2v) is 6.30. The number of rotatable bonds is 8. The van der Waals surface area contributed by atoms with Gasteiger partial charge in [-0.05, 0) is 57.3 Å². The molecule has 2 heterocycles. The van der Waals surface area contributed by atoms with Gasteiger partial charge in [-0.2, -0.15) is 5.10 Å². The lowest BCUT2D eigenvalue weighted by Gasteiger charge is -2.29. The van der Waals surface area contributed by atoms with Crippen molar-refractivity contribution >= 4 is 0 Å². The Kier molecular flexibility index (Phi) is 6.71. The predicted molar refractivity (Wildman–Crippen MR) is 88.4 cm³/mol. The van der Waals surface area contributed by atoms with Gasteiger partial charge in [0.25, 0.3) is 0 Å². The summed E-state index contributed by atoms with van der Waals surface area (Å²) in [5.41, 5.74) is 1.22. The monoisotopic (exact) mass is 292 g/mol. The van der Waals surface area contributed by atoms with Gasteiger partial charge in [0, 0.05) is 19.3 Å². The molecule has 1 aliphatic rings. The number of nitrogens with zero attached hydrogens (tertiary/aromatic N) is 3. The van der Waals surface area contributed by atoms with E-state index in [1.807, 2.05) is 0 Å². The minimum atomic E-state index is 0.552. The molecule has 0 radical (unpaired) electrons. The van der Waals surface area contributed by atoms with E-state index in [-0.39, 0.29) is 0 Å². The van der Waals surface area contributed by atoms with Gasteiger partial charge >= 0.3 is 0 Å². The van der Waals surface area contributed by atoms with E-state index in [1.165, 1.54) is 38.2 Å². The lowest BCUT2D eigenvalue weighted by Crippen LogP contribution is -2.38. The second kappa shape index (κ2) is 8.54. The molecule has 1 aromatic rings. The van der Waals surface area contributed by atoms with Crippen molar-refractivity contribution in [2.45, 2.75) is 59.0 Å². The Balaban J connectivity index is 1.88. The molecular weight excluding hydrogens is 260 g/mol. The van der Waals surface area contributed by atoms with Crippen LogP contribution < -0.4 is 5.32 Å². The van der Waals surface area contributed by atoms with Crippen LogP contribution in [0.2, 0.25) is 0 Å². The zero-order valence-electron chi connectivity index (χ0n) is 14.0. The topological polar surface area (TPSA) is 33.1 Å². The Morgan fingerprint density at radius 2 is 2.19 bits per heavy atom. The van der Waals surface area contributed by atoms with Crippen molar-refractivity contribution in [3.63, 3.8) is 0 Å². The van der Waals surface area contributed by atoms with E-state index in [0.29, 0.717) is 6.04 Å². The van der Waals surface area contributed by atoms with E-state index < -0.39 is 0 Å². The summed E-state index contributed by atoms with van der Waals surface area (Å²) in [6.45, 7) is 12.4. The van der Waals surface area contributed by atoms with Crippen molar-refractivity contribution in [2.75, 3.05) is 26.2 Å². The van der Waals surface area contributed by atoms with Gasteiger partial charge in [-0.15, -0.1) is 0 Å². The maximum Gasteiger partial charge on any atom is 0.0764 e. The van der Waals surface area contributed by atoms with Crippen molar-refractivity contribution in [3.8, 4) is 0 Å². The molecule has 0 amide bonds. The Morgan fingerprint density at radius 1 is 1.38 bits per heavy atom. The molecule has 2 rings (SSSR count). The van der Waals surface area contributed by atoms with Crippen molar-refractivity contribution in [3.05, 3.63) is 18.0 Å². The zero-order chi connectivity index (χ0) is 15.1. The zero-order valence-corrected chi connectivity index (χ0v) is 14.0. The predicted octanol–water partition coefficient (Wildman–Crippen LogP) is 3.07. The normalized spacial score (nSPS) is 19.6. The SMILES string of the molecule is CCC(CC)n1ccc(CN(CC)CC2CCCNC2)n1. The number of nitrogens with one attached hydrogen (secondary N) is 1. The van der Waals surface area contributed by atoms with Crippen molar-refractivity contribution in [2.24, 2.45) is 5.92 Å². The third-order valence-electron chi connectivity index (χ3n) is 4.73. The van der Waals surface area contributed by atoms with E-state index in [0.717, 1.165) is 31.8 Å². The van der Waals surface area contributed by atoms with E-state index >= 15 is 0 Å². The maximum atomic E-state index is 4.79. The highest BCUT2D eigenvalue weighted by atomic mass is 15.3. The molecule has 0 spiro atoms. The van der Waals surface area contributed by atoms with Gasteiger partial charge in [-0.25, -0.2) is 0 Å². The summed E-state index contributed by atoms with van der Waals surface area (Å²) < 4.78 is 2.16. The fraction of sp³-hybridized carbons (Fsp3) is 0.824. The van der Waals surface area contributed by atoms with Crippen LogP contribution in [0.3, 0.4) is 0 Å². The van der Waals surface area contributed by atoms with Crippen LogP contribution in [0.1, 0.15) is 58.2 Å². The first-order valence-electron chi connectivity index (χ1n) is 8.73. The van der Waals surface area contributed by atoms with Gasteiger partial charge in [0.1, 0.15) is 0 Å². The van der Waals surface area contributed by atoms with Gasteiger partial charge in [0.2, 0.25) is 0 Å². The lowest BCUT2D eigenvalue weighted by atomic mass is 9.99. The fourth-order valence-corrected chi connectivity index (χ4v) is 3.31. The Bertz CT molecular complexity index is 391. The number of aromatic nitrogens is 2. The van der Waals surface area contributed by atoms with Gasteiger partial charge < -0.3 is 5.32 Å². The lowest BCUT2D eigenvalue weighted by molar-refractivity contribution is 0.207. The molecule has 1 aromatic heterocycles. The molecule has 21 heavy (non-hydrogen) atoms. The van der Waals surface area contributed by atoms with E-state index in [9.17, 15) is 0 Å². The summed E-state index contributed by atoms with van der Waals surface area (Å²) in [5, 5.41) is 8.31. The Hall–Kier alpha value is -0.870. The third kappa shape index (κ3) is 4.82. The van der Waals surface area contributed by atoms with Gasteiger partial charge in [-0.1, -0.05) is 20.8 Å². The first-order chi connectivity index (χ1) is 10.3. The third-order valence-corrected chi connectivity index (χ3v) is 4.73. The molecule has 0 bridgehead atoms. The van der Waals surface area contributed by atoms with E-state index in [1.54, 1.807) is 0 Å². The van der Waals surface area contributed by atoms with Crippen LogP contribution in [-0.2, 0) is 6.54 Å². The highest BCUT2D eigenvalue weighted by Gasteiger charge is 2.17. The van der Waals surface area contributed by atoms with Crippen molar-refractivity contribution in [1.29, 1.82) is 0 Å². The molecule has 1 saturated heterocycles. The average molecular weight is 292 g/mol. The largest absolute Gasteiger partial charge is 0.316 e. The van der Waals surface area contributed by atoms with E-state index in [2.05, 4.69) is 47.9 Å². The highest BCUT2D eigenvalue weighted by Crippen LogP contribution is 2.16. The second-order valence-electron chi connectivity index (χ2n) is 6.30. The van der Waals surface area contributed by atoms with Gasteiger partial charge in [-0.3, -0.25) is 9.58 Å². The molecule has 120 valence electrons. The molecule has 1 N–H and O–H groups in total. The molecule has 1 aliphatic heterocycles. The molecule has 0 aromatic carbocycles. The highest BCUT2D eigenvalue weighted by molar-refractivity contribution is 5.00. The molecule has 1 unspecified atom stereocenters. The molecule has 0 aliphatic carbocycles. The molecular formula is C17H32N4. The first-order valence-corrected chi connectivity index (χ1v) is 8.73. The summed E-state index contributed by atoms with van der Waals surface area (Å²) in [6.07, 6.45) is 7.16. The molecule has 1 atom stereocenters. The number of hydrogen-bond donors (Lipinski definition) is 1. The summed E-state index contributed by atoms with van der Waals surface area (Å²) in [6, 6.07) is 2.75. The minimum absolute atomic E-state index is 0.552. The standard InChI is InChI=1S/C17H32N4/c1-4-17(5-2)21-11-9-16(19-21)14-20(6-3)13-15-8-7-10-18-12-15/h9,11,15,17-18H,4-8,10,12-14H2,1-3H3. The summed E-state index contributed by atoms with van der Waals surface area (Å²) in [7, 11) is 0. The number of hydrogen-bond acceptors (Lipinski definition) is 3. The smallest absolute Gasteiger partial charge is 0.0764 e. The molecule has 1 fully saturated rings. The average Bonchev–Trinajstić information content (AvgIpc) is 2.97. The van der Waals surface area contributed by atoms with Crippen LogP contribution in [0.15, 0.2) is 12.3 Å². The maximum absolute atomic E-state index is 4.79. The summed E-state index contributed by atoms with van der Waals surface area (Å²) >= 11 is 0. The van der Waals surface area contributed by atoms with Crippen LogP contribution in [0, 0.1) is 5.92 Å². The Labute approximate surface area is 129 Å². The Morgan fingerprint density at radius 3 is 2.81 bits per heavy atom. The molecule has 4 heteroatoms. The van der Waals surface area contributed by atoms with E-state index in [4.69, 9.17) is 5.10 Å². The van der Waals surface area contributed by atoms with Crippen LogP contribution in [0.4, 0.5) is 0 Å². The first kappa shape index (κ1) is 16.5. The fourth-order valence-electron chi connectivity index (χ4n) is 3.31. The van der Waals surface area contributed by atoms with Crippen molar-refractivity contribution in [1.82, 2.24) is 20.0 Å². The molecule has 0 saturated carbocycles. The van der Waals surface area contributed by atoms with Crippen LogP contribution in [-0.4, -0.2) is 40.9 Å². The number of piperidine rings is 1.